The average Bonchev–Trinajstić information content (AvgIpc) is 3.44. The smallest absolute Gasteiger partial charge is 0.255 e. The second-order valence-electron chi connectivity index (χ2n) is 7.00. The van der Waals surface area contributed by atoms with Gasteiger partial charge in [0.25, 0.3) is 5.91 Å². The molecule has 0 bridgehead atoms. The van der Waals surface area contributed by atoms with E-state index in [1.54, 1.807) is 18.2 Å². The van der Waals surface area contributed by atoms with Crippen molar-refractivity contribution >= 4 is 11.6 Å². The van der Waals surface area contributed by atoms with Crippen molar-refractivity contribution in [1.82, 2.24) is 29.8 Å². The van der Waals surface area contributed by atoms with Gasteiger partial charge in [0.1, 0.15) is 12.2 Å². The van der Waals surface area contributed by atoms with Gasteiger partial charge in [-0.05, 0) is 47.5 Å². The van der Waals surface area contributed by atoms with Crippen molar-refractivity contribution in [3.8, 4) is 16.9 Å². The number of aryl methyl sites for hydroxylation is 2. The number of imidazole rings is 1. The Morgan fingerprint density at radius 2 is 2.00 bits per heavy atom. The van der Waals surface area contributed by atoms with E-state index in [1.807, 2.05) is 30.3 Å². The first kappa shape index (κ1) is 17.3. The predicted octanol–water partition coefficient (Wildman–Crippen LogP) is 3.11. The van der Waals surface area contributed by atoms with Crippen LogP contribution < -0.4 is 5.32 Å². The van der Waals surface area contributed by atoms with Gasteiger partial charge in [0, 0.05) is 30.3 Å². The van der Waals surface area contributed by atoms with Gasteiger partial charge in [-0.25, -0.2) is 9.67 Å². The lowest BCUT2D eigenvalue weighted by Gasteiger charge is -2.11. The summed E-state index contributed by atoms with van der Waals surface area (Å²) >= 11 is 0. The molecule has 0 atom stereocenters. The Hall–Kier alpha value is -3.81. The van der Waals surface area contributed by atoms with Crippen molar-refractivity contribution < 1.29 is 4.79 Å². The zero-order valence-corrected chi connectivity index (χ0v) is 15.7. The van der Waals surface area contributed by atoms with Gasteiger partial charge in [-0.3, -0.25) is 4.79 Å². The summed E-state index contributed by atoms with van der Waals surface area (Å²) in [6.45, 7) is 1.00. The van der Waals surface area contributed by atoms with E-state index in [4.69, 9.17) is 4.98 Å². The van der Waals surface area contributed by atoms with E-state index in [-0.39, 0.29) is 5.91 Å². The Labute approximate surface area is 167 Å². The summed E-state index contributed by atoms with van der Waals surface area (Å²) in [6.07, 6.45) is 6.92. The number of benzene rings is 2. The third kappa shape index (κ3) is 3.40. The van der Waals surface area contributed by atoms with Crippen LogP contribution >= 0.6 is 0 Å². The number of amides is 1. The highest BCUT2D eigenvalue weighted by molar-refractivity contribution is 6.06. The van der Waals surface area contributed by atoms with Crippen molar-refractivity contribution in [3.63, 3.8) is 0 Å². The lowest BCUT2D eigenvalue weighted by molar-refractivity contribution is 0.102. The summed E-state index contributed by atoms with van der Waals surface area (Å²) < 4.78 is 3.73. The number of aromatic nitrogens is 6. The fourth-order valence-electron chi connectivity index (χ4n) is 3.62. The Morgan fingerprint density at radius 3 is 2.86 bits per heavy atom. The number of hydrogen-bond acceptors (Lipinski definition) is 5. The molecule has 5 rings (SSSR count). The van der Waals surface area contributed by atoms with Crippen LogP contribution in [0.4, 0.5) is 5.69 Å². The van der Waals surface area contributed by atoms with Crippen LogP contribution in [0.5, 0.6) is 0 Å². The molecule has 0 unspecified atom stereocenters. The van der Waals surface area contributed by atoms with Gasteiger partial charge < -0.3 is 9.88 Å². The van der Waals surface area contributed by atoms with Gasteiger partial charge in [-0.2, -0.15) is 0 Å². The van der Waals surface area contributed by atoms with Crippen molar-refractivity contribution in [3.05, 3.63) is 72.4 Å². The lowest BCUT2D eigenvalue weighted by Crippen LogP contribution is -2.13. The highest BCUT2D eigenvalue weighted by atomic mass is 16.1. The zero-order chi connectivity index (χ0) is 19.6. The number of rotatable bonds is 4. The summed E-state index contributed by atoms with van der Waals surface area (Å²) in [7, 11) is 0. The monoisotopic (exact) mass is 385 g/mol. The van der Waals surface area contributed by atoms with E-state index >= 15 is 0 Å². The van der Waals surface area contributed by atoms with Crippen molar-refractivity contribution in [2.24, 2.45) is 0 Å². The van der Waals surface area contributed by atoms with Crippen LogP contribution in [0, 0.1) is 0 Å². The number of carbonyl (C=O) groups excluding carboxylic acids is 1. The number of tetrazole rings is 1. The fourth-order valence-corrected chi connectivity index (χ4v) is 3.62. The number of fused-ring (bicyclic) bond motifs is 1. The molecule has 4 aromatic rings. The van der Waals surface area contributed by atoms with Crippen molar-refractivity contribution in [2.45, 2.75) is 25.8 Å². The molecule has 1 aliphatic rings. The summed E-state index contributed by atoms with van der Waals surface area (Å²) in [5.41, 5.74) is 3.79. The Kier molecular flexibility index (Phi) is 4.36. The summed E-state index contributed by atoms with van der Waals surface area (Å²) in [5.74, 6) is 0.915. The molecule has 144 valence electrons. The van der Waals surface area contributed by atoms with E-state index in [9.17, 15) is 4.79 Å². The second-order valence-corrected chi connectivity index (χ2v) is 7.00. The third-order valence-electron chi connectivity index (χ3n) is 5.08. The fraction of sp³-hybridized carbons (Fsp3) is 0.190. The molecule has 0 spiro atoms. The quantitative estimate of drug-likeness (QED) is 0.583. The normalized spacial score (nSPS) is 13.1. The van der Waals surface area contributed by atoms with Crippen LogP contribution in [0.15, 0.2) is 61.1 Å². The number of hydrogen-bond donors (Lipinski definition) is 1. The predicted molar refractivity (Wildman–Crippen MR) is 108 cm³/mol. The maximum atomic E-state index is 12.9. The molecule has 0 saturated carbocycles. The first-order valence-corrected chi connectivity index (χ1v) is 9.58. The molecule has 2 aromatic heterocycles. The Balaban J connectivity index is 1.43. The SMILES string of the molecule is O=C(Nc1ccccc1-c1cn2c(n1)CCCC2)c1cccc(-n2cnnn2)c1. The molecule has 29 heavy (non-hydrogen) atoms. The maximum absolute atomic E-state index is 12.9. The number of anilines is 1. The maximum Gasteiger partial charge on any atom is 0.255 e. The number of nitrogens with one attached hydrogen (secondary N) is 1. The number of para-hydroxylation sites is 1. The van der Waals surface area contributed by atoms with Crippen molar-refractivity contribution in [2.75, 3.05) is 5.32 Å². The van der Waals surface area contributed by atoms with E-state index < -0.39 is 0 Å². The molecule has 1 amide bonds. The molecule has 3 heterocycles. The Morgan fingerprint density at radius 1 is 1.07 bits per heavy atom. The van der Waals surface area contributed by atoms with Crippen LogP contribution in [0.2, 0.25) is 0 Å². The third-order valence-corrected chi connectivity index (χ3v) is 5.08. The summed E-state index contributed by atoms with van der Waals surface area (Å²) in [6, 6.07) is 14.9. The van der Waals surface area contributed by atoms with E-state index in [1.165, 1.54) is 23.9 Å². The second kappa shape index (κ2) is 7.31. The molecule has 2 aromatic carbocycles. The molecular formula is C21H19N7O. The largest absolute Gasteiger partial charge is 0.334 e. The first-order valence-electron chi connectivity index (χ1n) is 9.58. The lowest BCUT2D eigenvalue weighted by atomic mass is 10.1. The van der Waals surface area contributed by atoms with Crippen LogP contribution in [-0.4, -0.2) is 35.7 Å². The van der Waals surface area contributed by atoms with Crippen LogP contribution in [0.1, 0.15) is 29.0 Å². The summed E-state index contributed by atoms with van der Waals surface area (Å²) in [5, 5.41) is 14.2. The zero-order valence-electron chi connectivity index (χ0n) is 15.7. The number of carbonyl (C=O) groups is 1. The standard InChI is InChI=1S/C21H19N7O/c29-21(15-6-5-7-16(12-15)28-14-22-25-26-28)24-18-9-2-1-8-17(18)19-13-27-11-4-3-10-20(27)23-19/h1-2,5-9,12-14H,3-4,10-11H2,(H,24,29). The van der Waals surface area contributed by atoms with Crippen LogP contribution in [0.3, 0.4) is 0 Å². The van der Waals surface area contributed by atoms with Crippen LogP contribution in [0.25, 0.3) is 16.9 Å². The highest BCUT2D eigenvalue weighted by Gasteiger charge is 2.16. The van der Waals surface area contributed by atoms with E-state index in [0.717, 1.165) is 41.4 Å². The van der Waals surface area contributed by atoms with Crippen LogP contribution in [-0.2, 0) is 13.0 Å². The van der Waals surface area contributed by atoms with E-state index in [0.29, 0.717) is 5.56 Å². The van der Waals surface area contributed by atoms with Gasteiger partial charge in [0.2, 0.25) is 0 Å². The van der Waals surface area contributed by atoms with Gasteiger partial charge in [-0.1, -0.05) is 24.3 Å². The van der Waals surface area contributed by atoms with Gasteiger partial charge in [0.15, 0.2) is 0 Å². The average molecular weight is 385 g/mol. The molecule has 8 nitrogen and oxygen atoms in total. The number of nitrogens with zero attached hydrogens (tertiary/aromatic N) is 6. The topological polar surface area (TPSA) is 90.5 Å². The van der Waals surface area contributed by atoms with Gasteiger partial charge in [-0.15, -0.1) is 5.10 Å². The van der Waals surface area contributed by atoms with Gasteiger partial charge >= 0.3 is 0 Å². The Bertz CT molecular complexity index is 1140. The minimum absolute atomic E-state index is 0.198. The minimum atomic E-state index is -0.198. The molecular weight excluding hydrogens is 366 g/mol. The molecule has 0 fully saturated rings. The van der Waals surface area contributed by atoms with Gasteiger partial charge in [0.05, 0.1) is 17.1 Å². The summed E-state index contributed by atoms with van der Waals surface area (Å²) in [4.78, 5) is 17.7. The first-order chi connectivity index (χ1) is 14.3. The van der Waals surface area contributed by atoms with E-state index in [2.05, 4.69) is 31.6 Å². The molecule has 0 saturated heterocycles. The molecule has 0 aliphatic carbocycles. The van der Waals surface area contributed by atoms with Crippen molar-refractivity contribution in [1.29, 1.82) is 0 Å². The molecule has 0 radical (unpaired) electrons. The highest BCUT2D eigenvalue weighted by Crippen LogP contribution is 2.29. The molecule has 1 aliphatic heterocycles. The molecule has 1 N–H and O–H groups in total. The molecule has 8 heteroatoms. The minimum Gasteiger partial charge on any atom is -0.334 e.